The molecule has 0 saturated carbocycles. The highest BCUT2D eigenvalue weighted by molar-refractivity contribution is 7.22. The van der Waals surface area contributed by atoms with Gasteiger partial charge in [0.05, 0.1) is 35.2 Å². The van der Waals surface area contributed by atoms with Gasteiger partial charge in [-0.15, -0.1) is 11.3 Å². The van der Waals surface area contributed by atoms with E-state index in [0.717, 1.165) is 0 Å². The average molecular weight is 519 g/mol. The van der Waals surface area contributed by atoms with Crippen molar-refractivity contribution < 1.29 is 23.8 Å². The molecule has 3 aromatic rings. The summed E-state index contributed by atoms with van der Waals surface area (Å²) in [6.07, 6.45) is 0. The molecule has 0 unspecified atom stereocenters. The van der Waals surface area contributed by atoms with Gasteiger partial charge in [0, 0.05) is 16.5 Å². The lowest BCUT2D eigenvalue weighted by Gasteiger charge is -2.19. The van der Waals surface area contributed by atoms with E-state index in [2.05, 4.69) is 10.6 Å². The van der Waals surface area contributed by atoms with Gasteiger partial charge >= 0.3 is 0 Å². The second kappa shape index (κ2) is 11.2. The van der Waals surface area contributed by atoms with Gasteiger partial charge in [0.25, 0.3) is 11.8 Å². The van der Waals surface area contributed by atoms with Gasteiger partial charge in [-0.05, 0) is 59.7 Å². The Labute approximate surface area is 214 Å². The molecule has 0 aliphatic carbocycles. The SMILES string of the molecule is CCOc1cc(C(=O)Nc2cccc3c(Cl)c(C(=O)NC(C)(C)C)sc23)cc(OCC)c1OCC. The Morgan fingerprint density at radius 3 is 2.09 bits per heavy atom. The third kappa shape index (κ3) is 6.18. The quantitative estimate of drug-likeness (QED) is 0.336. The summed E-state index contributed by atoms with van der Waals surface area (Å²) in [6, 6.07) is 8.67. The molecule has 188 valence electrons. The Hall–Kier alpha value is -2.97. The van der Waals surface area contributed by atoms with E-state index in [0.29, 0.717) is 68.3 Å². The number of nitrogens with one attached hydrogen (secondary N) is 2. The maximum atomic E-state index is 13.3. The van der Waals surface area contributed by atoms with Crippen molar-refractivity contribution in [2.75, 3.05) is 25.1 Å². The minimum Gasteiger partial charge on any atom is -0.490 e. The molecule has 0 fully saturated rings. The lowest BCUT2D eigenvalue weighted by molar-refractivity contribution is 0.0923. The molecular formula is C26H31ClN2O5S. The third-order valence-electron chi connectivity index (χ3n) is 4.77. The number of rotatable bonds is 9. The number of hydrogen-bond acceptors (Lipinski definition) is 6. The van der Waals surface area contributed by atoms with E-state index in [1.807, 2.05) is 47.6 Å². The maximum Gasteiger partial charge on any atom is 0.263 e. The number of ether oxygens (including phenoxy) is 3. The zero-order chi connectivity index (χ0) is 25.8. The van der Waals surface area contributed by atoms with E-state index in [1.165, 1.54) is 11.3 Å². The zero-order valence-electron chi connectivity index (χ0n) is 20.8. The summed E-state index contributed by atoms with van der Waals surface area (Å²) in [5.41, 5.74) is 0.502. The molecule has 0 aliphatic heterocycles. The molecule has 35 heavy (non-hydrogen) atoms. The van der Waals surface area contributed by atoms with E-state index in [-0.39, 0.29) is 11.8 Å². The number of hydrogen-bond donors (Lipinski definition) is 2. The fourth-order valence-corrected chi connectivity index (χ4v) is 4.92. The van der Waals surface area contributed by atoms with Crippen molar-refractivity contribution >= 4 is 50.5 Å². The average Bonchev–Trinajstić information content (AvgIpc) is 3.12. The van der Waals surface area contributed by atoms with Crippen LogP contribution in [0.15, 0.2) is 30.3 Å². The highest BCUT2D eigenvalue weighted by atomic mass is 35.5. The molecule has 3 rings (SSSR count). The first-order chi connectivity index (χ1) is 16.6. The van der Waals surface area contributed by atoms with Crippen molar-refractivity contribution in [3.05, 3.63) is 45.8 Å². The summed E-state index contributed by atoms with van der Waals surface area (Å²) < 4.78 is 17.9. The highest BCUT2D eigenvalue weighted by Gasteiger charge is 2.24. The molecule has 7 nitrogen and oxygen atoms in total. The zero-order valence-corrected chi connectivity index (χ0v) is 22.4. The van der Waals surface area contributed by atoms with Crippen LogP contribution in [0.3, 0.4) is 0 Å². The number of thiophene rings is 1. The van der Waals surface area contributed by atoms with E-state index in [4.69, 9.17) is 25.8 Å². The first-order valence-corrected chi connectivity index (χ1v) is 12.7. The van der Waals surface area contributed by atoms with Crippen molar-refractivity contribution in [3.63, 3.8) is 0 Å². The highest BCUT2D eigenvalue weighted by Crippen LogP contribution is 2.41. The number of halogens is 1. The van der Waals surface area contributed by atoms with Gasteiger partial charge < -0.3 is 24.8 Å². The van der Waals surface area contributed by atoms with E-state index >= 15 is 0 Å². The monoisotopic (exact) mass is 518 g/mol. The minimum atomic E-state index is -0.405. The van der Waals surface area contributed by atoms with Crippen LogP contribution in [0.4, 0.5) is 5.69 Å². The Morgan fingerprint density at radius 2 is 1.54 bits per heavy atom. The molecule has 0 aliphatic rings. The number of carbonyl (C=O) groups is 2. The minimum absolute atomic E-state index is 0.254. The molecule has 2 N–H and O–H groups in total. The molecule has 0 atom stereocenters. The van der Waals surface area contributed by atoms with E-state index in [1.54, 1.807) is 24.3 Å². The summed E-state index contributed by atoms with van der Waals surface area (Å²) in [7, 11) is 0. The van der Waals surface area contributed by atoms with Gasteiger partial charge in [0.1, 0.15) is 4.88 Å². The summed E-state index contributed by atoms with van der Waals surface area (Å²) in [6.45, 7) is 12.5. The van der Waals surface area contributed by atoms with Crippen LogP contribution in [0.2, 0.25) is 5.02 Å². The van der Waals surface area contributed by atoms with Gasteiger partial charge in [-0.3, -0.25) is 9.59 Å². The standard InChI is InChI=1S/C26H31ClN2O5S/c1-7-32-18-13-15(14-19(33-8-2)21(18)34-9-3)24(30)28-17-12-10-11-16-20(27)23(35-22(16)17)25(31)29-26(4,5)6/h10-14H,7-9H2,1-6H3,(H,28,30)(H,29,31). The van der Waals surface area contributed by atoms with Crippen LogP contribution in [0.5, 0.6) is 17.2 Å². The van der Waals surface area contributed by atoms with Crippen LogP contribution in [0.1, 0.15) is 61.6 Å². The van der Waals surface area contributed by atoms with Gasteiger partial charge in [-0.1, -0.05) is 23.7 Å². The predicted molar refractivity (Wildman–Crippen MR) is 142 cm³/mol. The Kier molecular flexibility index (Phi) is 8.51. The van der Waals surface area contributed by atoms with E-state index in [9.17, 15) is 9.59 Å². The van der Waals surface area contributed by atoms with Gasteiger partial charge in [0.2, 0.25) is 5.75 Å². The predicted octanol–water partition coefficient (Wildman–Crippen LogP) is 6.53. The van der Waals surface area contributed by atoms with Crippen LogP contribution in [-0.2, 0) is 0 Å². The van der Waals surface area contributed by atoms with Crippen LogP contribution >= 0.6 is 22.9 Å². The first kappa shape index (κ1) is 26.6. The third-order valence-corrected chi connectivity index (χ3v) is 6.51. The number of fused-ring (bicyclic) bond motifs is 1. The van der Waals surface area contributed by atoms with Crippen molar-refractivity contribution in [1.82, 2.24) is 5.32 Å². The molecule has 1 heterocycles. The van der Waals surface area contributed by atoms with E-state index < -0.39 is 5.54 Å². The lowest BCUT2D eigenvalue weighted by atomic mass is 10.1. The first-order valence-electron chi connectivity index (χ1n) is 11.5. The fourth-order valence-electron chi connectivity index (χ4n) is 3.45. The second-order valence-corrected chi connectivity index (χ2v) is 10.1. The number of carbonyl (C=O) groups excluding carboxylic acids is 2. The van der Waals surface area contributed by atoms with Crippen molar-refractivity contribution in [2.24, 2.45) is 0 Å². The van der Waals surface area contributed by atoms with Crippen molar-refractivity contribution in [3.8, 4) is 17.2 Å². The summed E-state index contributed by atoms with van der Waals surface area (Å²) >= 11 is 7.79. The number of amides is 2. The van der Waals surface area contributed by atoms with Crippen LogP contribution in [-0.4, -0.2) is 37.2 Å². The largest absolute Gasteiger partial charge is 0.490 e. The molecule has 0 spiro atoms. The fraction of sp³-hybridized carbons (Fsp3) is 0.385. The molecular weight excluding hydrogens is 488 g/mol. The normalized spacial score (nSPS) is 11.3. The van der Waals surface area contributed by atoms with Gasteiger partial charge in [-0.25, -0.2) is 0 Å². The van der Waals surface area contributed by atoms with Crippen LogP contribution in [0.25, 0.3) is 10.1 Å². The topological polar surface area (TPSA) is 85.9 Å². The number of benzene rings is 2. The Balaban J connectivity index is 1.99. The molecule has 1 aromatic heterocycles. The second-order valence-electron chi connectivity index (χ2n) is 8.69. The maximum absolute atomic E-state index is 13.3. The van der Waals surface area contributed by atoms with Crippen LogP contribution < -0.4 is 24.8 Å². The molecule has 0 saturated heterocycles. The summed E-state index contributed by atoms with van der Waals surface area (Å²) in [5.74, 6) is 0.727. The lowest BCUT2D eigenvalue weighted by Crippen LogP contribution is -2.40. The smallest absolute Gasteiger partial charge is 0.263 e. The summed E-state index contributed by atoms with van der Waals surface area (Å²) in [4.78, 5) is 26.5. The molecule has 9 heteroatoms. The van der Waals surface area contributed by atoms with Crippen LogP contribution in [0, 0.1) is 0 Å². The molecule has 0 bridgehead atoms. The van der Waals surface area contributed by atoms with Gasteiger partial charge in [-0.2, -0.15) is 0 Å². The molecule has 2 amide bonds. The summed E-state index contributed by atoms with van der Waals surface area (Å²) in [5, 5.41) is 6.95. The van der Waals surface area contributed by atoms with Crippen molar-refractivity contribution in [2.45, 2.75) is 47.1 Å². The van der Waals surface area contributed by atoms with Crippen molar-refractivity contribution in [1.29, 1.82) is 0 Å². The Morgan fingerprint density at radius 1 is 0.943 bits per heavy atom. The van der Waals surface area contributed by atoms with Gasteiger partial charge in [0.15, 0.2) is 11.5 Å². The molecule has 0 radical (unpaired) electrons. The Bertz CT molecular complexity index is 1210. The number of anilines is 1. The molecule has 2 aromatic carbocycles.